The van der Waals surface area contributed by atoms with Gasteiger partial charge in [0.05, 0.1) is 25.2 Å². The highest BCUT2D eigenvalue weighted by Crippen LogP contribution is 2.32. The minimum absolute atomic E-state index is 0.0441. The molecule has 3 aromatic carbocycles. The summed E-state index contributed by atoms with van der Waals surface area (Å²) in [4.78, 5) is -2.10. The van der Waals surface area contributed by atoms with Crippen LogP contribution in [0, 0.1) is 36.0 Å². The summed E-state index contributed by atoms with van der Waals surface area (Å²) in [5.74, 6) is -12.1. The van der Waals surface area contributed by atoms with Gasteiger partial charge in [0, 0.05) is 18.3 Å². The number of aromatic nitrogens is 3. The van der Waals surface area contributed by atoms with Crippen molar-refractivity contribution in [3.8, 4) is 5.75 Å². The lowest BCUT2D eigenvalue weighted by molar-refractivity contribution is 0.357. The highest BCUT2D eigenvalue weighted by molar-refractivity contribution is 7.92. The molecule has 2 aromatic heterocycles. The third-order valence-electron chi connectivity index (χ3n) is 6.36. The zero-order valence-electron chi connectivity index (χ0n) is 22.5. The van der Waals surface area contributed by atoms with Gasteiger partial charge in [-0.15, -0.1) is 0 Å². The molecule has 0 atom stereocenters. The third-order valence-corrected chi connectivity index (χ3v) is 9.16. The maximum atomic E-state index is 14.0. The smallest absolute Gasteiger partial charge is 0.266 e. The number of fused-ring (bicyclic) bond motifs is 1. The highest BCUT2D eigenvalue weighted by atomic mass is 32.2. The van der Waals surface area contributed by atoms with Crippen LogP contribution in [0.25, 0.3) is 11.0 Å². The predicted octanol–water partition coefficient (Wildman–Crippen LogP) is 4.36. The van der Waals surface area contributed by atoms with Crippen LogP contribution >= 0.6 is 0 Å². The lowest BCUT2D eigenvalue weighted by Gasteiger charge is -2.10. The molecule has 0 aliphatic heterocycles. The zero-order chi connectivity index (χ0) is 32.0. The molecule has 0 aliphatic rings. The van der Waals surface area contributed by atoms with Gasteiger partial charge < -0.3 is 9.26 Å². The second-order valence-corrected chi connectivity index (χ2v) is 12.7. The number of aryl methyl sites for hydroxylation is 1. The van der Waals surface area contributed by atoms with E-state index in [2.05, 4.69) is 15.0 Å². The Hall–Kier alpha value is -4.55. The Morgan fingerprint density at radius 3 is 2.25 bits per heavy atom. The number of para-hydroxylation sites is 1. The number of hydrogen-bond acceptors (Lipinski definition) is 8. The maximum absolute atomic E-state index is 14.0. The second kappa shape index (κ2) is 11.5. The molecule has 0 saturated carbocycles. The molecule has 232 valence electrons. The molecule has 5 aromatic rings. The summed E-state index contributed by atoms with van der Waals surface area (Å²) in [6.07, 6.45) is 2.61. The summed E-state index contributed by atoms with van der Waals surface area (Å²) < 4.78 is 135. The van der Waals surface area contributed by atoms with Gasteiger partial charge in [-0.3, -0.25) is 9.40 Å². The second-order valence-electron chi connectivity index (χ2n) is 9.34. The van der Waals surface area contributed by atoms with Crippen LogP contribution in [-0.4, -0.2) is 38.9 Å². The number of sulfonamides is 2. The van der Waals surface area contributed by atoms with Crippen molar-refractivity contribution >= 4 is 36.8 Å². The molecule has 0 unspecified atom stereocenters. The Balaban J connectivity index is 1.32. The first-order valence-corrected chi connectivity index (χ1v) is 15.3. The highest BCUT2D eigenvalue weighted by Gasteiger charge is 2.33. The van der Waals surface area contributed by atoms with Gasteiger partial charge in [-0.2, -0.15) is 5.10 Å². The van der Waals surface area contributed by atoms with Crippen LogP contribution in [-0.2, 0) is 33.1 Å². The molecule has 0 saturated heterocycles. The van der Waals surface area contributed by atoms with E-state index in [0.29, 0.717) is 16.5 Å². The van der Waals surface area contributed by atoms with Crippen molar-refractivity contribution in [2.45, 2.75) is 29.8 Å². The molecular weight excluding hydrogens is 637 g/mol. The molecule has 0 spiro atoms. The van der Waals surface area contributed by atoms with Gasteiger partial charge in [0.2, 0.25) is 15.8 Å². The number of ether oxygens (including phenoxy) is 1. The quantitative estimate of drug-likeness (QED) is 0.128. The van der Waals surface area contributed by atoms with Crippen LogP contribution in [0.15, 0.2) is 63.1 Å². The third kappa shape index (κ3) is 5.70. The average molecular weight is 658 g/mol. The van der Waals surface area contributed by atoms with E-state index >= 15 is 0 Å². The van der Waals surface area contributed by atoms with E-state index in [0.717, 1.165) is 0 Å². The Kier molecular flexibility index (Phi) is 8.08. The maximum Gasteiger partial charge on any atom is 0.266 e. The number of rotatable bonds is 10. The molecule has 44 heavy (non-hydrogen) atoms. The van der Waals surface area contributed by atoms with Crippen LogP contribution in [0.2, 0.25) is 0 Å². The van der Waals surface area contributed by atoms with Crippen molar-refractivity contribution in [2.24, 2.45) is 0 Å². The fourth-order valence-corrected chi connectivity index (χ4v) is 6.70. The molecule has 0 bridgehead atoms. The Labute approximate surface area is 246 Å². The number of methoxy groups -OCH3 is 1. The fourth-order valence-electron chi connectivity index (χ4n) is 4.37. The predicted molar refractivity (Wildman–Crippen MR) is 144 cm³/mol. The van der Waals surface area contributed by atoms with Gasteiger partial charge in [-0.1, -0.05) is 23.4 Å². The Morgan fingerprint density at radius 2 is 1.57 bits per heavy atom. The van der Waals surface area contributed by atoms with Gasteiger partial charge in [0.25, 0.3) is 10.0 Å². The molecule has 0 fully saturated rings. The Bertz CT molecular complexity index is 2110. The summed E-state index contributed by atoms with van der Waals surface area (Å²) >= 11 is 0. The number of halogens is 5. The molecule has 0 aliphatic carbocycles. The summed E-state index contributed by atoms with van der Waals surface area (Å²) in [6, 6.07) is 9.33. The summed E-state index contributed by atoms with van der Waals surface area (Å²) in [5, 5.41) is 8.35. The first kappa shape index (κ1) is 30.9. The fraction of sp³-hybridized carbons (Fsp3) is 0.154. The van der Waals surface area contributed by atoms with Gasteiger partial charge in [0.15, 0.2) is 39.6 Å². The van der Waals surface area contributed by atoms with Crippen molar-refractivity contribution < 1.29 is 48.0 Å². The minimum atomic E-state index is -5.15. The monoisotopic (exact) mass is 657 g/mol. The van der Waals surface area contributed by atoms with Gasteiger partial charge in [-0.05, 0) is 36.2 Å². The number of hydrogen-bond donors (Lipinski definition) is 2. The van der Waals surface area contributed by atoms with Crippen LogP contribution < -0.4 is 14.2 Å². The topological polar surface area (TPSA) is 145 Å². The molecule has 11 nitrogen and oxygen atoms in total. The van der Waals surface area contributed by atoms with Crippen molar-refractivity contribution in [1.82, 2.24) is 19.7 Å². The van der Waals surface area contributed by atoms with E-state index in [1.54, 1.807) is 35.9 Å². The number of nitrogens with zero attached hydrogens (tertiary/aromatic N) is 3. The van der Waals surface area contributed by atoms with Gasteiger partial charge in [-0.25, -0.2) is 43.5 Å². The summed E-state index contributed by atoms with van der Waals surface area (Å²) in [6.45, 7) is 1.23. The van der Waals surface area contributed by atoms with Crippen molar-refractivity contribution in [1.29, 1.82) is 0 Å². The molecule has 0 amide bonds. The number of benzene rings is 3. The molecule has 2 N–H and O–H groups in total. The standard InChI is InChI=1S/C26H20F5N5O6S2/c1-13-7-14(8-17-19(13)26(34-42-17)35-43(37,38)18-6-4-3-5-16(18)41-2)11-36-12-15(9-32-36)10-33-44(39,40)25-23(30)21(28)20(27)22(29)24(25)31/h3-9,12,33H,10-11H2,1-2H3,(H,34,35). The molecule has 18 heteroatoms. The first-order chi connectivity index (χ1) is 20.7. The van der Waals surface area contributed by atoms with Gasteiger partial charge >= 0.3 is 0 Å². The van der Waals surface area contributed by atoms with Crippen LogP contribution in [0.3, 0.4) is 0 Å². The number of anilines is 1. The first-order valence-electron chi connectivity index (χ1n) is 12.3. The summed E-state index contributed by atoms with van der Waals surface area (Å²) in [5.41, 5.74) is 1.67. The van der Waals surface area contributed by atoms with Crippen molar-refractivity contribution in [3.05, 3.63) is 94.6 Å². The van der Waals surface area contributed by atoms with E-state index in [9.17, 15) is 38.8 Å². The number of nitrogens with one attached hydrogen (secondary N) is 2. The van der Waals surface area contributed by atoms with E-state index in [1.807, 2.05) is 0 Å². The van der Waals surface area contributed by atoms with E-state index in [-0.39, 0.29) is 34.2 Å². The van der Waals surface area contributed by atoms with E-state index < -0.39 is 60.6 Å². The normalized spacial score (nSPS) is 12.2. The zero-order valence-corrected chi connectivity index (χ0v) is 24.2. The Morgan fingerprint density at radius 1 is 0.909 bits per heavy atom. The van der Waals surface area contributed by atoms with Crippen molar-refractivity contribution in [3.63, 3.8) is 0 Å². The van der Waals surface area contributed by atoms with E-state index in [4.69, 9.17) is 9.26 Å². The average Bonchev–Trinajstić information content (AvgIpc) is 3.60. The SMILES string of the molecule is COc1ccccc1S(=O)(=O)Nc1noc2cc(Cn3cc(CNS(=O)(=O)c4c(F)c(F)c(F)c(F)c4F)cn3)cc(C)c12. The largest absolute Gasteiger partial charge is 0.495 e. The van der Waals surface area contributed by atoms with Gasteiger partial charge in [0.1, 0.15) is 10.6 Å². The molecule has 2 heterocycles. The lowest BCUT2D eigenvalue weighted by Crippen LogP contribution is -2.26. The molecular formula is C26H20F5N5O6S2. The van der Waals surface area contributed by atoms with E-state index in [1.165, 1.54) is 36.3 Å². The summed E-state index contributed by atoms with van der Waals surface area (Å²) in [7, 11) is -7.90. The molecule has 0 radical (unpaired) electrons. The van der Waals surface area contributed by atoms with Crippen molar-refractivity contribution in [2.75, 3.05) is 11.8 Å². The van der Waals surface area contributed by atoms with Crippen LogP contribution in [0.5, 0.6) is 5.75 Å². The lowest BCUT2D eigenvalue weighted by atomic mass is 10.1. The minimum Gasteiger partial charge on any atom is -0.495 e. The molecule has 5 rings (SSSR count). The van der Waals surface area contributed by atoms with Crippen LogP contribution in [0.1, 0.15) is 16.7 Å². The van der Waals surface area contributed by atoms with Crippen LogP contribution in [0.4, 0.5) is 27.8 Å².